The first kappa shape index (κ1) is 13.7. The van der Waals surface area contributed by atoms with E-state index >= 15 is 0 Å². The van der Waals surface area contributed by atoms with Crippen LogP contribution in [0.2, 0.25) is 0 Å². The Morgan fingerprint density at radius 2 is 1.56 bits per heavy atom. The van der Waals surface area contributed by atoms with Crippen LogP contribution in [0.25, 0.3) is 0 Å². The summed E-state index contributed by atoms with van der Waals surface area (Å²) in [5, 5.41) is 26.3. The maximum Gasteiger partial charge on any atom is 0.348 e. The van der Waals surface area contributed by atoms with Gasteiger partial charge >= 0.3 is 17.9 Å². The van der Waals surface area contributed by atoms with Gasteiger partial charge in [0, 0.05) is 0 Å². The number of hydrogen-bond acceptors (Lipinski definition) is 5. The SMILES string of the molecule is O=C(O[C@@H](C(=O)O)[C@@H](O)C(=O)O)c1ccccc1. The zero-order valence-corrected chi connectivity index (χ0v) is 9.02. The monoisotopic (exact) mass is 254 g/mol. The number of aliphatic hydroxyl groups is 1. The molecule has 7 heteroatoms. The molecule has 0 saturated heterocycles. The summed E-state index contributed by atoms with van der Waals surface area (Å²) in [5.74, 6) is -4.55. The molecular weight excluding hydrogens is 244 g/mol. The fourth-order valence-corrected chi connectivity index (χ4v) is 1.14. The molecule has 0 amide bonds. The van der Waals surface area contributed by atoms with E-state index in [1.54, 1.807) is 6.07 Å². The Bertz CT molecular complexity index is 454. The molecular formula is C11H10O7. The Kier molecular flexibility index (Phi) is 4.39. The zero-order valence-electron chi connectivity index (χ0n) is 9.02. The second kappa shape index (κ2) is 5.78. The predicted molar refractivity (Wildman–Crippen MR) is 56.9 cm³/mol. The fourth-order valence-electron chi connectivity index (χ4n) is 1.14. The van der Waals surface area contributed by atoms with Crippen molar-refractivity contribution in [2.24, 2.45) is 0 Å². The highest BCUT2D eigenvalue weighted by Gasteiger charge is 2.35. The first-order chi connectivity index (χ1) is 8.43. The number of carbonyl (C=O) groups excluding carboxylic acids is 1. The molecule has 0 saturated carbocycles. The second-order valence-electron chi connectivity index (χ2n) is 3.31. The van der Waals surface area contributed by atoms with Crippen LogP contribution in [-0.2, 0) is 14.3 Å². The lowest BCUT2D eigenvalue weighted by atomic mass is 10.2. The molecule has 0 fully saturated rings. The fraction of sp³-hybridized carbons (Fsp3) is 0.182. The molecule has 0 bridgehead atoms. The number of rotatable bonds is 5. The lowest BCUT2D eigenvalue weighted by Crippen LogP contribution is -2.43. The molecule has 3 N–H and O–H groups in total. The molecule has 0 aromatic heterocycles. The van der Waals surface area contributed by atoms with Crippen molar-refractivity contribution >= 4 is 17.9 Å². The lowest BCUT2D eigenvalue weighted by Gasteiger charge is -2.16. The molecule has 1 aromatic carbocycles. The molecule has 0 aliphatic heterocycles. The van der Waals surface area contributed by atoms with Crippen LogP contribution in [-0.4, -0.2) is 45.4 Å². The maximum absolute atomic E-state index is 11.5. The zero-order chi connectivity index (χ0) is 13.7. The van der Waals surface area contributed by atoms with Gasteiger partial charge in [0.15, 0.2) is 6.10 Å². The molecule has 0 heterocycles. The Morgan fingerprint density at radius 1 is 1.00 bits per heavy atom. The van der Waals surface area contributed by atoms with Crippen molar-refractivity contribution in [2.45, 2.75) is 12.2 Å². The topological polar surface area (TPSA) is 121 Å². The molecule has 0 spiro atoms. The third kappa shape index (κ3) is 3.29. The van der Waals surface area contributed by atoms with Crippen LogP contribution in [0.1, 0.15) is 10.4 Å². The van der Waals surface area contributed by atoms with Crippen LogP contribution in [0.15, 0.2) is 30.3 Å². The molecule has 0 aliphatic carbocycles. The average molecular weight is 254 g/mol. The number of carbonyl (C=O) groups is 3. The quantitative estimate of drug-likeness (QED) is 0.619. The van der Waals surface area contributed by atoms with Crippen LogP contribution < -0.4 is 0 Å². The number of ether oxygens (including phenoxy) is 1. The molecule has 7 nitrogen and oxygen atoms in total. The van der Waals surface area contributed by atoms with E-state index < -0.39 is 30.1 Å². The van der Waals surface area contributed by atoms with Crippen LogP contribution >= 0.6 is 0 Å². The van der Waals surface area contributed by atoms with Gasteiger partial charge in [-0.1, -0.05) is 18.2 Å². The Labute approximate surface area is 101 Å². The molecule has 1 aromatic rings. The highest BCUT2D eigenvalue weighted by molar-refractivity contribution is 5.92. The first-order valence-corrected chi connectivity index (χ1v) is 4.83. The van der Waals surface area contributed by atoms with E-state index in [0.29, 0.717) is 0 Å². The molecule has 2 atom stereocenters. The summed E-state index contributed by atoms with van der Waals surface area (Å²) < 4.78 is 4.45. The van der Waals surface area contributed by atoms with Crippen molar-refractivity contribution < 1.29 is 34.4 Å². The van der Waals surface area contributed by atoms with E-state index in [1.165, 1.54) is 24.3 Å². The number of carboxylic acid groups (broad SMARTS) is 2. The summed E-state index contributed by atoms with van der Waals surface area (Å²) in [6.45, 7) is 0. The third-order valence-corrected chi connectivity index (χ3v) is 2.03. The highest BCUT2D eigenvalue weighted by atomic mass is 16.6. The van der Waals surface area contributed by atoms with Gasteiger partial charge in [0.2, 0.25) is 6.10 Å². The van der Waals surface area contributed by atoms with Crippen molar-refractivity contribution in [2.75, 3.05) is 0 Å². The van der Waals surface area contributed by atoms with Gasteiger partial charge in [-0.25, -0.2) is 14.4 Å². The van der Waals surface area contributed by atoms with Crippen molar-refractivity contribution in [1.29, 1.82) is 0 Å². The summed E-state index contributed by atoms with van der Waals surface area (Å²) in [5.41, 5.74) is 0.0568. The van der Waals surface area contributed by atoms with Gasteiger partial charge in [0.1, 0.15) is 0 Å². The molecule has 96 valence electrons. The van der Waals surface area contributed by atoms with Crippen LogP contribution in [0.4, 0.5) is 0 Å². The van der Waals surface area contributed by atoms with E-state index in [1.807, 2.05) is 0 Å². The van der Waals surface area contributed by atoms with Gasteiger partial charge in [-0.3, -0.25) is 0 Å². The van der Waals surface area contributed by atoms with Crippen molar-refractivity contribution in [3.8, 4) is 0 Å². The van der Waals surface area contributed by atoms with Gasteiger partial charge in [0.05, 0.1) is 5.56 Å². The molecule has 0 radical (unpaired) electrons. The standard InChI is InChI=1S/C11H10O7/c12-7(9(13)14)8(10(15)16)18-11(17)6-4-2-1-3-5-6/h1-5,7-8,12H,(H,13,14)(H,15,16)/t7-,8-/m1/s1. The highest BCUT2D eigenvalue weighted by Crippen LogP contribution is 2.07. The number of carboxylic acids is 2. The molecule has 1 rings (SSSR count). The van der Waals surface area contributed by atoms with E-state index in [4.69, 9.17) is 15.3 Å². The minimum Gasteiger partial charge on any atom is -0.479 e. The summed E-state index contributed by atoms with van der Waals surface area (Å²) in [7, 11) is 0. The van der Waals surface area contributed by atoms with E-state index in [-0.39, 0.29) is 5.56 Å². The molecule has 0 unspecified atom stereocenters. The van der Waals surface area contributed by atoms with Crippen molar-refractivity contribution in [3.63, 3.8) is 0 Å². The van der Waals surface area contributed by atoms with E-state index in [2.05, 4.69) is 4.74 Å². The van der Waals surface area contributed by atoms with Crippen molar-refractivity contribution in [3.05, 3.63) is 35.9 Å². The predicted octanol–water partition coefficient (Wildman–Crippen LogP) is -0.258. The first-order valence-electron chi connectivity index (χ1n) is 4.83. The summed E-state index contributed by atoms with van der Waals surface area (Å²) in [6, 6.07) is 7.43. The van der Waals surface area contributed by atoms with Gasteiger partial charge in [-0.15, -0.1) is 0 Å². The maximum atomic E-state index is 11.5. The van der Waals surface area contributed by atoms with Crippen molar-refractivity contribution in [1.82, 2.24) is 0 Å². The van der Waals surface area contributed by atoms with Gasteiger partial charge < -0.3 is 20.1 Å². The average Bonchev–Trinajstić information content (AvgIpc) is 2.35. The number of benzene rings is 1. The van der Waals surface area contributed by atoms with Crippen LogP contribution in [0, 0.1) is 0 Å². The normalized spacial score (nSPS) is 13.4. The summed E-state index contributed by atoms with van der Waals surface area (Å²) in [6.07, 6.45) is -4.48. The number of hydrogen-bond donors (Lipinski definition) is 3. The smallest absolute Gasteiger partial charge is 0.348 e. The van der Waals surface area contributed by atoms with Gasteiger partial charge in [-0.05, 0) is 12.1 Å². The lowest BCUT2D eigenvalue weighted by molar-refractivity contribution is -0.166. The largest absolute Gasteiger partial charge is 0.479 e. The summed E-state index contributed by atoms with van der Waals surface area (Å²) in [4.78, 5) is 32.7. The van der Waals surface area contributed by atoms with E-state index in [0.717, 1.165) is 0 Å². The molecule has 0 aliphatic rings. The summed E-state index contributed by atoms with van der Waals surface area (Å²) >= 11 is 0. The third-order valence-electron chi connectivity index (χ3n) is 2.03. The Morgan fingerprint density at radius 3 is 2.00 bits per heavy atom. The van der Waals surface area contributed by atoms with E-state index in [9.17, 15) is 14.4 Å². The molecule has 18 heavy (non-hydrogen) atoms. The minimum absolute atomic E-state index is 0.0568. The van der Waals surface area contributed by atoms with Crippen LogP contribution in [0.5, 0.6) is 0 Å². The van der Waals surface area contributed by atoms with Gasteiger partial charge in [0.25, 0.3) is 0 Å². The van der Waals surface area contributed by atoms with Crippen LogP contribution in [0.3, 0.4) is 0 Å². The Hall–Kier alpha value is -2.41. The number of aliphatic carboxylic acids is 2. The Balaban J connectivity index is 2.83. The van der Waals surface area contributed by atoms with Gasteiger partial charge in [-0.2, -0.15) is 0 Å². The minimum atomic E-state index is -2.32. The number of esters is 1. The second-order valence-corrected chi connectivity index (χ2v) is 3.31. The number of aliphatic hydroxyl groups excluding tert-OH is 1.